The minimum Gasteiger partial charge on any atom is -0.492 e. The van der Waals surface area contributed by atoms with E-state index in [9.17, 15) is 0 Å². The van der Waals surface area contributed by atoms with Crippen molar-refractivity contribution < 1.29 is 4.74 Å². The summed E-state index contributed by atoms with van der Waals surface area (Å²) >= 11 is 0. The Hall–Kier alpha value is -1.06. The fourth-order valence-electron chi connectivity index (χ4n) is 2.25. The normalized spacial score (nSPS) is 11.9. The lowest BCUT2D eigenvalue weighted by molar-refractivity contribution is 0.187. The molecule has 0 amide bonds. The van der Waals surface area contributed by atoms with Crippen molar-refractivity contribution in [1.82, 2.24) is 10.2 Å². The van der Waals surface area contributed by atoms with Crippen molar-refractivity contribution >= 4 is 0 Å². The molecule has 0 aliphatic rings. The van der Waals surface area contributed by atoms with Gasteiger partial charge >= 0.3 is 0 Å². The van der Waals surface area contributed by atoms with Crippen LogP contribution in [0, 0.1) is 5.41 Å². The van der Waals surface area contributed by atoms with E-state index in [0.29, 0.717) is 5.41 Å². The Kier molecular flexibility index (Phi) is 7.03. The maximum atomic E-state index is 5.94. The van der Waals surface area contributed by atoms with Gasteiger partial charge in [-0.05, 0) is 25.1 Å². The van der Waals surface area contributed by atoms with Crippen LogP contribution in [0.1, 0.15) is 33.3 Å². The Balaban J connectivity index is 2.41. The van der Waals surface area contributed by atoms with Gasteiger partial charge in [0.1, 0.15) is 12.4 Å². The summed E-state index contributed by atoms with van der Waals surface area (Å²) in [7, 11) is 2.15. The lowest BCUT2D eigenvalue weighted by Gasteiger charge is -2.26. The first-order valence-corrected chi connectivity index (χ1v) is 7.52. The van der Waals surface area contributed by atoms with Crippen LogP contribution in [0.15, 0.2) is 24.3 Å². The Labute approximate surface area is 124 Å². The molecule has 0 unspecified atom stereocenters. The summed E-state index contributed by atoms with van der Waals surface area (Å²) in [5.74, 6) is 0.998. The standard InChI is InChI=1S/C17H30N2O/c1-6-18-13-15-9-7-8-10-16(15)20-12-11-19(5)14-17(2,3)4/h7-10,18H,6,11-14H2,1-5H3. The second-order valence-electron chi connectivity index (χ2n) is 6.53. The molecule has 0 saturated heterocycles. The zero-order valence-electron chi connectivity index (χ0n) is 13.7. The van der Waals surface area contributed by atoms with E-state index in [1.165, 1.54) is 5.56 Å². The Morgan fingerprint density at radius 3 is 2.55 bits per heavy atom. The number of para-hydroxylation sites is 1. The SMILES string of the molecule is CCNCc1ccccc1OCCN(C)CC(C)(C)C. The van der Waals surface area contributed by atoms with Gasteiger partial charge in [-0.2, -0.15) is 0 Å². The third-order valence-electron chi connectivity index (χ3n) is 3.01. The van der Waals surface area contributed by atoms with Gasteiger partial charge in [-0.3, -0.25) is 0 Å². The molecule has 0 fully saturated rings. The molecule has 1 rings (SSSR count). The third kappa shape index (κ3) is 6.92. The smallest absolute Gasteiger partial charge is 0.123 e. The molecule has 20 heavy (non-hydrogen) atoms. The summed E-state index contributed by atoms with van der Waals surface area (Å²) in [5, 5.41) is 3.34. The minimum atomic E-state index is 0.331. The molecule has 0 aromatic heterocycles. The molecule has 0 bridgehead atoms. The molecule has 3 heteroatoms. The van der Waals surface area contributed by atoms with E-state index in [-0.39, 0.29) is 0 Å². The van der Waals surface area contributed by atoms with Gasteiger partial charge in [-0.1, -0.05) is 45.9 Å². The molecule has 0 aliphatic carbocycles. The number of hydrogen-bond acceptors (Lipinski definition) is 3. The van der Waals surface area contributed by atoms with Crippen LogP contribution in [0.25, 0.3) is 0 Å². The van der Waals surface area contributed by atoms with E-state index in [1.807, 2.05) is 6.07 Å². The highest BCUT2D eigenvalue weighted by molar-refractivity contribution is 5.33. The average Bonchev–Trinajstić information content (AvgIpc) is 2.35. The number of benzene rings is 1. The topological polar surface area (TPSA) is 24.5 Å². The maximum Gasteiger partial charge on any atom is 0.123 e. The van der Waals surface area contributed by atoms with Crippen LogP contribution in [-0.4, -0.2) is 38.2 Å². The summed E-state index contributed by atoms with van der Waals surface area (Å²) in [6.45, 7) is 13.5. The van der Waals surface area contributed by atoms with Gasteiger partial charge in [0.05, 0.1) is 0 Å². The van der Waals surface area contributed by atoms with Gasteiger partial charge in [0.25, 0.3) is 0 Å². The van der Waals surface area contributed by atoms with E-state index in [1.54, 1.807) is 0 Å². The van der Waals surface area contributed by atoms with Crippen LogP contribution in [0.2, 0.25) is 0 Å². The first-order valence-electron chi connectivity index (χ1n) is 7.52. The van der Waals surface area contributed by atoms with Crippen LogP contribution in [0.5, 0.6) is 5.75 Å². The largest absolute Gasteiger partial charge is 0.492 e. The molecule has 1 N–H and O–H groups in total. The first kappa shape index (κ1) is 17.0. The zero-order valence-corrected chi connectivity index (χ0v) is 13.7. The second-order valence-corrected chi connectivity index (χ2v) is 6.53. The molecule has 0 radical (unpaired) electrons. The second kappa shape index (κ2) is 8.28. The van der Waals surface area contributed by atoms with Crippen molar-refractivity contribution in [2.45, 2.75) is 34.2 Å². The predicted molar refractivity (Wildman–Crippen MR) is 86.3 cm³/mol. The number of hydrogen-bond donors (Lipinski definition) is 1. The van der Waals surface area contributed by atoms with Crippen molar-refractivity contribution in [3.8, 4) is 5.75 Å². The van der Waals surface area contributed by atoms with Gasteiger partial charge in [-0.25, -0.2) is 0 Å². The summed E-state index contributed by atoms with van der Waals surface area (Å²) in [6.07, 6.45) is 0. The number of likely N-dealkylation sites (N-methyl/N-ethyl adjacent to an activating group) is 1. The summed E-state index contributed by atoms with van der Waals surface area (Å²) in [5.41, 5.74) is 1.56. The number of ether oxygens (including phenoxy) is 1. The van der Waals surface area contributed by atoms with Gasteiger partial charge in [-0.15, -0.1) is 0 Å². The van der Waals surface area contributed by atoms with E-state index < -0.39 is 0 Å². The fraction of sp³-hybridized carbons (Fsp3) is 0.647. The van der Waals surface area contributed by atoms with Gasteiger partial charge < -0.3 is 15.0 Å². The van der Waals surface area contributed by atoms with Crippen LogP contribution in [0.3, 0.4) is 0 Å². The molecule has 3 nitrogen and oxygen atoms in total. The number of nitrogens with one attached hydrogen (secondary N) is 1. The number of nitrogens with zero attached hydrogens (tertiary/aromatic N) is 1. The van der Waals surface area contributed by atoms with Crippen LogP contribution < -0.4 is 10.1 Å². The molecule has 0 saturated carbocycles. The average molecular weight is 278 g/mol. The number of rotatable bonds is 8. The van der Waals surface area contributed by atoms with E-state index in [4.69, 9.17) is 4.74 Å². The zero-order chi connectivity index (χ0) is 15.0. The maximum absolute atomic E-state index is 5.94. The van der Waals surface area contributed by atoms with Gasteiger partial charge in [0, 0.05) is 25.2 Å². The van der Waals surface area contributed by atoms with Gasteiger partial charge in [0.2, 0.25) is 0 Å². The summed E-state index contributed by atoms with van der Waals surface area (Å²) in [6, 6.07) is 8.27. The monoisotopic (exact) mass is 278 g/mol. The molecular formula is C17H30N2O. The Morgan fingerprint density at radius 1 is 1.20 bits per heavy atom. The molecule has 1 aromatic carbocycles. The van der Waals surface area contributed by atoms with Crippen molar-refractivity contribution in [3.05, 3.63) is 29.8 Å². The summed E-state index contributed by atoms with van der Waals surface area (Å²) < 4.78 is 5.94. The molecule has 0 heterocycles. The molecule has 0 aliphatic heterocycles. The Bertz CT molecular complexity index is 385. The van der Waals surface area contributed by atoms with Crippen molar-refractivity contribution in [2.75, 3.05) is 33.3 Å². The van der Waals surface area contributed by atoms with E-state index in [0.717, 1.165) is 38.5 Å². The van der Waals surface area contributed by atoms with Crippen molar-refractivity contribution in [2.24, 2.45) is 5.41 Å². The lowest BCUT2D eigenvalue weighted by Crippen LogP contribution is -2.32. The highest BCUT2D eigenvalue weighted by Gasteiger charge is 2.13. The molecule has 0 spiro atoms. The fourth-order valence-corrected chi connectivity index (χ4v) is 2.25. The molecule has 114 valence electrons. The van der Waals surface area contributed by atoms with Crippen molar-refractivity contribution in [1.29, 1.82) is 0 Å². The first-order chi connectivity index (χ1) is 9.42. The highest BCUT2D eigenvalue weighted by Crippen LogP contribution is 2.18. The van der Waals surface area contributed by atoms with Crippen LogP contribution >= 0.6 is 0 Å². The van der Waals surface area contributed by atoms with Crippen LogP contribution in [-0.2, 0) is 6.54 Å². The lowest BCUT2D eigenvalue weighted by atomic mass is 9.96. The van der Waals surface area contributed by atoms with Crippen LogP contribution in [0.4, 0.5) is 0 Å². The minimum absolute atomic E-state index is 0.331. The highest BCUT2D eigenvalue weighted by atomic mass is 16.5. The molecule has 0 atom stereocenters. The predicted octanol–water partition coefficient (Wildman–Crippen LogP) is 3.15. The van der Waals surface area contributed by atoms with Crippen molar-refractivity contribution in [3.63, 3.8) is 0 Å². The third-order valence-corrected chi connectivity index (χ3v) is 3.01. The van der Waals surface area contributed by atoms with E-state index in [2.05, 4.69) is 63.2 Å². The molecule has 1 aromatic rings. The quantitative estimate of drug-likeness (QED) is 0.790. The molecular weight excluding hydrogens is 248 g/mol. The Morgan fingerprint density at radius 2 is 1.90 bits per heavy atom. The van der Waals surface area contributed by atoms with Gasteiger partial charge in [0.15, 0.2) is 0 Å². The summed E-state index contributed by atoms with van der Waals surface area (Å²) in [4.78, 5) is 2.33. The van der Waals surface area contributed by atoms with E-state index >= 15 is 0 Å².